The standard InChI is InChI=1S/C18H21N3O5S/c1-2-14-4-3-5-15(12-14)19-17-7-6-16(13-18(17)21(22)23)27(24,25)20-8-10-26-11-9-20/h3-7,12-13,19H,2,8-11H2,1H3. The zero-order chi connectivity index (χ0) is 19.4. The molecule has 0 atom stereocenters. The van der Waals surface area contributed by atoms with Crippen molar-refractivity contribution in [3.8, 4) is 0 Å². The van der Waals surface area contributed by atoms with Gasteiger partial charge in [0.05, 0.1) is 23.0 Å². The van der Waals surface area contributed by atoms with Crippen LogP contribution in [0.2, 0.25) is 0 Å². The molecule has 1 N–H and O–H groups in total. The number of hydrogen-bond donors (Lipinski definition) is 1. The Balaban J connectivity index is 1.94. The summed E-state index contributed by atoms with van der Waals surface area (Å²) in [6.07, 6.45) is 0.842. The first-order valence-electron chi connectivity index (χ1n) is 8.64. The zero-order valence-corrected chi connectivity index (χ0v) is 15.7. The Morgan fingerprint density at radius 3 is 2.59 bits per heavy atom. The van der Waals surface area contributed by atoms with Gasteiger partial charge in [-0.2, -0.15) is 4.31 Å². The SMILES string of the molecule is CCc1cccc(Nc2ccc(S(=O)(=O)N3CCOCC3)cc2[N+](=O)[O-])c1. The van der Waals surface area contributed by atoms with Crippen molar-refractivity contribution in [1.82, 2.24) is 4.31 Å². The number of nitro benzene ring substituents is 1. The molecule has 144 valence electrons. The quantitative estimate of drug-likeness (QED) is 0.600. The van der Waals surface area contributed by atoms with E-state index in [4.69, 9.17) is 4.74 Å². The lowest BCUT2D eigenvalue weighted by Crippen LogP contribution is -2.40. The van der Waals surface area contributed by atoms with Crippen molar-refractivity contribution in [1.29, 1.82) is 0 Å². The highest BCUT2D eigenvalue weighted by Crippen LogP contribution is 2.31. The smallest absolute Gasteiger partial charge is 0.294 e. The van der Waals surface area contributed by atoms with Gasteiger partial charge in [0.25, 0.3) is 5.69 Å². The third-order valence-corrected chi connectivity index (χ3v) is 6.28. The topological polar surface area (TPSA) is 102 Å². The molecule has 1 heterocycles. The Labute approximate surface area is 158 Å². The summed E-state index contributed by atoms with van der Waals surface area (Å²) in [5.41, 5.74) is 1.76. The Hall–Kier alpha value is -2.49. The lowest BCUT2D eigenvalue weighted by Gasteiger charge is -2.26. The summed E-state index contributed by atoms with van der Waals surface area (Å²) >= 11 is 0. The van der Waals surface area contributed by atoms with Gasteiger partial charge in [0.2, 0.25) is 10.0 Å². The first-order chi connectivity index (χ1) is 12.9. The van der Waals surface area contributed by atoms with E-state index in [0.29, 0.717) is 18.9 Å². The first-order valence-corrected chi connectivity index (χ1v) is 10.1. The van der Waals surface area contributed by atoms with Gasteiger partial charge >= 0.3 is 0 Å². The molecule has 0 saturated carbocycles. The molecule has 0 unspecified atom stereocenters. The maximum Gasteiger partial charge on any atom is 0.294 e. The van der Waals surface area contributed by atoms with Gasteiger partial charge in [0, 0.05) is 24.8 Å². The van der Waals surface area contributed by atoms with Crippen molar-refractivity contribution < 1.29 is 18.1 Å². The molecule has 1 aliphatic rings. The summed E-state index contributed by atoms with van der Waals surface area (Å²) in [5, 5.41) is 14.5. The summed E-state index contributed by atoms with van der Waals surface area (Å²) in [5.74, 6) is 0. The van der Waals surface area contributed by atoms with E-state index in [1.165, 1.54) is 16.4 Å². The lowest BCUT2D eigenvalue weighted by molar-refractivity contribution is -0.384. The summed E-state index contributed by atoms with van der Waals surface area (Å²) in [7, 11) is -3.80. The van der Waals surface area contributed by atoms with Crippen molar-refractivity contribution >= 4 is 27.1 Å². The molecule has 1 aliphatic heterocycles. The molecule has 3 rings (SSSR count). The van der Waals surface area contributed by atoms with E-state index in [0.717, 1.165) is 18.1 Å². The Bertz CT molecular complexity index is 940. The number of hydrogen-bond acceptors (Lipinski definition) is 6. The molecule has 0 aromatic heterocycles. The third kappa shape index (κ3) is 4.26. The molecule has 1 saturated heterocycles. The number of nitrogens with one attached hydrogen (secondary N) is 1. The minimum atomic E-state index is -3.80. The fourth-order valence-corrected chi connectivity index (χ4v) is 4.32. The van der Waals surface area contributed by atoms with Gasteiger partial charge in [0.15, 0.2) is 0 Å². The van der Waals surface area contributed by atoms with Crippen LogP contribution in [-0.2, 0) is 21.2 Å². The minimum absolute atomic E-state index is 0.0936. The maximum atomic E-state index is 12.7. The van der Waals surface area contributed by atoms with Crippen LogP contribution < -0.4 is 5.32 Å². The second kappa shape index (κ2) is 8.03. The Morgan fingerprint density at radius 2 is 1.93 bits per heavy atom. The number of ether oxygens (including phenoxy) is 1. The fraction of sp³-hybridized carbons (Fsp3) is 0.333. The summed E-state index contributed by atoms with van der Waals surface area (Å²) < 4.78 is 31.9. The van der Waals surface area contributed by atoms with E-state index in [2.05, 4.69) is 5.32 Å². The van der Waals surface area contributed by atoms with Gasteiger partial charge in [-0.25, -0.2) is 8.42 Å². The van der Waals surface area contributed by atoms with Crippen molar-refractivity contribution in [2.45, 2.75) is 18.2 Å². The van der Waals surface area contributed by atoms with Crippen molar-refractivity contribution in [3.63, 3.8) is 0 Å². The van der Waals surface area contributed by atoms with Gasteiger partial charge in [-0.15, -0.1) is 0 Å². The molecule has 9 heteroatoms. The van der Waals surface area contributed by atoms with E-state index < -0.39 is 14.9 Å². The number of rotatable bonds is 6. The molecular formula is C18H21N3O5S. The molecule has 0 radical (unpaired) electrons. The zero-order valence-electron chi connectivity index (χ0n) is 14.9. The predicted octanol–water partition coefficient (Wildman–Crippen LogP) is 2.92. The Morgan fingerprint density at radius 1 is 1.19 bits per heavy atom. The number of sulfonamides is 1. The molecule has 2 aromatic carbocycles. The van der Waals surface area contributed by atoms with Crippen LogP contribution in [0.15, 0.2) is 47.4 Å². The van der Waals surface area contributed by atoms with Crippen LogP contribution >= 0.6 is 0 Å². The maximum absolute atomic E-state index is 12.7. The predicted molar refractivity (Wildman–Crippen MR) is 102 cm³/mol. The van der Waals surface area contributed by atoms with Crippen LogP contribution in [0.4, 0.5) is 17.1 Å². The second-order valence-electron chi connectivity index (χ2n) is 6.13. The summed E-state index contributed by atoms with van der Waals surface area (Å²) in [6.45, 7) is 3.12. The van der Waals surface area contributed by atoms with E-state index in [9.17, 15) is 18.5 Å². The van der Waals surface area contributed by atoms with Gasteiger partial charge in [-0.05, 0) is 36.2 Å². The highest BCUT2D eigenvalue weighted by molar-refractivity contribution is 7.89. The molecule has 8 nitrogen and oxygen atoms in total. The monoisotopic (exact) mass is 391 g/mol. The lowest BCUT2D eigenvalue weighted by atomic mass is 10.1. The van der Waals surface area contributed by atoms with Gasteiger partial charge in [-0.3, -0.25) is 10.1 Å². The highest BCUT2D eigenvalue weighted by Gasteiger charge is 2.28. The van der Waals surface area contributed by atoms with E-state index in [-0.39, 0.29) is 29.4 Å². The molecule has 2 aromatic rings. The van der Waals surface area contributed by atoms with E-state index in [1.807, 2.05) is 25.1 Å². The molecule has 0 bridgehead atoms. The molecule has 27 heavy (non-hydrogen) atoms. The minimum Gasteiger partial charge on any atom is -0.379 e. The highest BCUT2D eigenvalue weighted by atomic mass is 32.2. The Kier molecular flexibility index (Phi) is 5.73. The molecule has 0 amide bonds. The number of anilines is 2. The third-order valence-electron chi connectivity index (χ3n) is 4.39. The van der Waals surface area contributed by atoms with Gasteiger partial charge in [-0.1, -0.05) is 19.1 Å². The van der Waals surface area contributed by atoms with Crippen molar-refractivity contribution in [2.24, 2.45) is 0 Å². The average molecular weight is 391 g/mol. The molecule has 0 aliphatic carbocycles. The normalized spacial score (nSPS) is 15.4. The number of benzene rings is 2. The van der Waals surface area contributed by atoms with Crippen LogP contribution in [0.1, 0.15) is 12.5 Å². The van der Waals surface area contributed by atoms with E-state index in [1.54, 1.807) is 6.07 Å². The van der Waals surface area contributed by atoms with Crippen molar-refractivity contribution in [3.05, 3.63) is 58.1 Å². The summed E-state index contributed by atoms with van der Waals surface area (Å²) in [6, 6.07) is 11.5. The van der Waals surface area contributed by atoms with Gasteiger partial charge in [0.1, 0.15) is 5.69 Å². The molecule has 0 spiro atoms. The number of nitrogens with zero attached hydrogens (tertiary/aromatic N) is 2. The van der Waals surface area contributed by atoms with Crippen LogP contribution in [0.5, 0.6) is 0 Å². The largest absolute Gasteiger partial charge is 0.379 e. The van der Waals surface area contributed by atoms with Crippen LogP contribution in [0.25, 0.3) is 0 Å². The summed E-state index contributed by atoms with van der Waals surface area (Å²) in [4.78, 5) is 10.9. The fourth-order valence-electron chi connectivity index (χ4n) is 2.89. The van der Waals surface area contributed by atoms with Crippen LogP contribution in [-0.4, -0.2) is 43.9 Å². The number of morpholine rings is 1. The van der Waals surface area contributed by atoms with Gasteiger partial charge < -0.3 is 10.1 Å². The van der Waals surface area contributed by atoms with Crippen molar-refractivity contribution in [2.75, 3.05) is 31.6 Å². The first kappa shape index (κ1) is 19.3. The number of aryl methyl sites for hydroxylation is 1. The van der Waals surface area contributed by atoms with E-state index >= 15 is 0 Å². The number of nitro groups is 1. The second-order valence-corrected chi connectivity index (χ2v) is 8.07. The average Bonchev–Trinajstić information content (AvgIpc) is 2.68. The molecule has 1 fully saturated rings. The van der Waals surface area contributed by atoms with Crippen LogP contribution in [0, 0.1) is 10.1 Å². The van der Waals surface area contributed by atoms with Crippen LogP contribution in [0.3, 0.4) is 0 Å². The molecular weight excluding hydrogens is 370 g/mol.